The Morgan fingerprint density at radius 2 is 1.62 bits per heavy atom. The molecule has 0 aromatic heterocycles. The molecule has 2 rings (SSSR count). The van der Waals surface area contributed by atoms with E-state index in [1.807, 2.05) is 30.3 Å². The van der Waals surface area contributed by atoms with E-state index in [4.69, 9.17) is 0 Å². The van der Waals surface area contributed by atoms with Crippen LogP contribution in [0.2, 0.25) is 0 Å². The van der Waals surface area contributed by atoms with Crippen LogP contribution in [0, 0.1) is 5.92 Å². The minimum atomic E-state index is -0.0596. The molecule has 0 bridgehead atoms. The fraction of sp³-hybridized carbons (Fsp3) is 0.278. The summed E-state index contributed by atoms with van der Waals surface area (Å²) in [5, 5.41) is 6.37. The van der Waals surface area contributed by atoms with E-state index in [0.29, 0.717) is 5.92 Å². The van der Waals surface area contributed by atoms with Gasteiger partial charge in [-0.05, 0) is 29.7 Å². The van der Waals surface area contributed by atoms with Gasteiger partial charge in [-0.2, -0.15) is 0 Å². The van der Waals surface area contributed by atoms with Gasteiger partial charge >= 0.3 is 0 Å². The van der Waals surface area contributed by atoms with Crippen LogP contribution in [0.3, 0.4) is 0 Å². The van der Waals surface area contributed by atoms with E-state index in [-0.39, 0.29) is 11.9 Å². The molecule has 0 fully saturated rings. The zero-order chi connectivity index (χ0) is 15.2. The number of hydrogen-bond acceptors (Lipinski definition) is 2. The largest absolute Gasteiger partial charge is 0.378 e. The van der Waals surface area contributed by atoms with E-state index in [0.717, 1.165) is 11.4 Å². The lowest BCUT2D eigenvalue weighted by atomic mass is 9.96. The third-order valence-corrected chi connectivity index (χ3v) is 3.33. The van der Waals surface area contributed by atoms with Crippen molar-refractivity contribution in [3.8, 4) is 0 Å². The first-order chi connectivity index (χ1) is 10.1. The number of benzene rings is 2. The smallest absolute Gasteiger partial charge is 0.221 e. The molecule has 110 valence electrons. The van der Waals surface area contributed by atoms with Crippen molar-refractivity contribution in [1.29, 1.82) is 0 Å². The molecule has 0 radical (unpaired) electrons. The summed E-state index contributed by atoms with van der Waals surface area (Å²) >= 11 is 0. The van der Waals surface area contributed by atoms with Gasteiger partial charge in [-0.25, -0.2) is 0 Å². The maximum Gasteiger partial charge on any atom is 0.221 e. The van der Waals surface area contributed by atoms with Crippen molar-refractivity contribution in [3.63, 3.8) is 0 Å². The van der Waals surface area contributed by atoms with Crippen molar-refractivity contribution in [2.45, 2.75) is 26.8 Å². The maximum atomic E-state index is 11.1. The predicted octanol–water partition coefficient (Wildman–Crippen LogP) is 4.45. The van der Waals surface area contributed by atoms with Crippen LogP contribution in [0.1, 0.15) is 32.4 Å². The monoisotopic (exact) mass is 282 g/mol. The molecular weight excluding hydrogens is 260 g/mol. The number of rotatable bonds is 5. The number of carbonyl (C=O) groups is 1. The maximum absolute atomic E-state index is 11.1. The molecule has 2 aromatic rings. The average molecular weight is 282 g/mol. The van der Waals surface area contributed by atoms with Crippen LogP contribution >= 0.6 is 0 Å². The fourth-order valence-electron chi connectivity index (χ4n) is 2.36. The first-order valence-electron chi connectivity index (χ1n) is 7.25. The number of anilines is 2. The Bertz CT molecular complexity index is 593. The van der Waals surface area contributed by atoms with E-state index in [9.17, 15) is 4.79 Å². The Hall–Kier alpha value is -2.29. The van der Waals surface area contributed by atoms with E-state index < -0.39 is 0 Å². The summed E-state index contributed by atoms with van der Waals surface area (Å²) in [4.78, 5) is 11.1. The van der Waals surface area contributed by atoms with Gasteiger partial charge in [-0.1, -0.05) is 50.2 Å². The molecular formula is C18H22N2O. The van der Waals surface area contributed by atoms with Crippen LogP contribution in [-0.2, 0) is 4.79 Å². The van der Waals surface area contributed by atoms with Crippen LogP contribution in [0.5, 0.6) is 0 Å². The van der Waals surface area contributed by atoms with E-state index in [2.05, 4.69) is 48.7 Å². The average Bonchev–Trinajstić information content (AvgIpc) is 2.45. The molecule has 0 spiro atoms. The van der Waals surface area contributed by atoms with E-state index >= 15 is 0 Å². The molecule has 21 heavy (non-hydrogen) atoms. The van der Waals surface area contributed by atoms with Gasteiger partial charge in [0.05, 0.1) is 6.04 Å². The highest BCUT2D eigenvalue weighted by molar-refractivity contribution is 5.89. The van der Waals surface area contributed by atoms with Gasteiger partial charge in [0, 0.05) is 18.3 Å². The second-order valence-corrected chi connectivity index (χ2v) is 5.54. The summed E-state index contributed by atoms with van der Waals surface area (Å²) in [5.41, 5.74) is 3.07. The van der Waals surface area contributed by atoms with E-state index in [1.165, 1.54) is 12.5 Å². The molecule has 1 unspecified atom stereocenters. The molecule has 0 aliphatic carbocycles. The highest BCUT2D eigenvalue weighted by Crippen LogP contribution is 2.27. The lowest BCUT2D eigenvalue weighted by Gasteiger charge is -2.24. The molecule has 0 aliphatic heterocycles. The van der Waals surface area contributed by atoms with Crippen LogP contribution in [-0.4, -0.2) is 5.91 Å². The third-order valence-electron chi connectivity index (χ3n) is 3.33. The highest BCUT2D eigenvalue weighted by Gasteiger charge is 2.15. The number of amides is 1. The Morgan fingerprint density at radius 3 is 2.24 bits per heavy atom. The van der Waals surface area contributed by atoms with Gasteiger partial charge in [0.15, 0.2) is 0 Å². The molecule has 2 aromatic carbocycles. The summed E-state index contributed by atoms with van der Waals surface area (Å²) in [6.45, 7) is 5.91. The summed E-state index contributed by atoms with van der Waals surface area (Å²) in [6, 6.07) is 18.4. The van der Waals surface area contributed by atoms with Crippen LogP contribution in [0.4, 0.5) is 11.4 Å². The fourth-order valence-corrected chi connectivity index (χ4v) is 2.36. The molecule has 0 aliphatic rings. The molecule has 1 amide bonds. The molecule has 0 saturated carbocycles. The van der Waals surface area contributed by atoms with E-state index in [1.54, 1.807) is 0 Å². The first kappa shape index (κ1) is 15.1. The van der Waals surface area contributed by atoms with Gasteiger partial charge in [-0.3, -0.25) is 4.79 Å². The van der Waals surface area contributed by atoms with Gasteiger partial charge in [0.25, 0.3) is 0 Å². The second kappa shape index (κ2) is 6.93. The minimum Gasteiger partial charge on any atom is -0.378 e. The molecule has 0 heterocycles. The van der Waals surface area contributed by atoms with Crippen molar-refractivity contribution in [3.05, 3.63) is 60.2 Å². The van der Waals surface area contributed by atoms with Crippen molar-refractivity contribution in [2.75, 3.05) is 10.6 Å². The first-order valence-corrected chi connectivity index (χ1v) is 7.25. The summed E-state index contributed by atoms with van der Waals surface area (Å²) < 4.78 is 0. The van der Waals surface area contributed by atoms with Crippen LogP contribution < -0.4 is 10.6 Å². The zero-order valence-electron chi connectivity index (χ0n) is 12.8. The molecule has 3 nitrogen and oxygen atoms in total. The molecule has 2 N–H and O–H groups in total. The Labute approximate surface area is 126 Å². The standard InChI is InChI=1S/C18H22N2O/c1-13(2)18(15-8-5-4-6-9-15)20-17-11-7-10-16(12-17)19-14(3)21/h4-13,18,20H,1-3H3,(H,19,21). The van der Waals surface area contributed by atoms with Crippen molar-refractivity contribution in [1.82, 2.24) is 0 Å². The Morgan fingerprint density at radius 1 is 0.952 bits per heavy atom. The van der Waals surface area contributed by atoms with Gasteiger partial charge < -0.3 is 10.6 Å². The number of nitrogens with one attached hydrogen (secondary N) is 2. The molecule has 0 saturated heterocycles. The molecule has 1 atom stereocenters. The van der Waals surface area contributed by atoms with Gasteiger partial charge in [-0.15, -0.1) is 0 Å². The second-order valence-electron chi connectivity index (χ2n) is 5.54. The highest BCUT2D eigenvalue weighted by atomic mass is 16.1. The van der Waals surface area contributed by atoms with Crippen LogP contribution in [0.25, 0.3) is 0 Å². The van der Waals surface area contributed by atoms with Crippen molar-refractivity contribution in [2.24, 2.45) is 5.92 Å². The molecule has 3 heteroatoms. The predicted molar refractivity (Wildman–Crippen MR) is 88.4 cm³/mol. The summed E-state index contributed by atoms with van der Waals surface area (Å²) in [7, 11) is 0. The lowest BCUT2D eigenvalue weighted by Crippen LogP contribution is -2.17. The quantitative estimate of drug-likeness (QED) is 0.850. The van der Waals surface area contributed by atoms with Crippen molar-refractivity contribution >= 4 is 17.3 Å². The Kier molecular flexibility index (Phi) is 4.99. The Balaban J connectivity index is 2.19. The number of carbonyl (C=O) groups excluding carboxylic acids is 1. The normalized spacial score (nSPS) is 12.0. The summed E-state index contributed by atoms with van der Waals surface area (Å²) in [5.74, 6) is 0.396. The lowest BCUT2D eigenvalue weighted by molar-refractivity contribution is -0.114. The van der Waals surface area contributed by atoms with Gasteiger partial charge in [0.2, 0.25) is 5.91 Å². The topological polar surface area (TPSA) is 41.1 Å². The van der Waals surface area contributed by atoms with Gasteiger partial charge in [0.1, 0.15) is 0 Å². The summed E-state index contributed by atoms with van der Waals surface area (Å²) in [6.07, 6.45) is 0. The number of hydrogen-bond donors (Lipinski definition) is 2. The minimum absolute atomic E-state index is 0.0596. The van der Waals surface area contributed by atoms with Crippen molar-refractivity contribution < 1.29 is 4.79 Å². The zero-order valence-corrected chi connectivity index (χ0v) is 12.8. The SMILES string of the molecule is CC(=O)Nc1cccc(NC(c2ccccc2)C(C)C)c1. The van der Waals surface area contributed by atoms with Crippen LogP contribution in [0.15, 0.2) is 54.6 Å². The third kappa shape index (κ3) is 4.35.